The average Bonchev–Trinajstić information content (AvgIpc) is 2.53. The van der Waals surface area contributed by atoms with E-state index in [0.29, 0.717) is 17.9 Å². The van der Waals surface area contributed by atoms with Gasteiger partial charge < -0.3 is 10.1 Å². The number of anilines is 1. The minimum Gasteiger partial charge on any atom is -0.484 e. The summed E-state index contributed by atoms with van der Waals surface area (Å²) in [5.41, 5.74) is -1.73. The van der Waals surface area contributed by atoms with Crippen LogP contribution in [0.1, 0.15) is 11.1 Å². The summed E-state index contributed by atoms with van der Waals surface area (Å²) in [6.45, 7) is 1.46. The molecule has 1 N–H and O–H groups in total. The van der Waals surface area contributed by atoms with E-state index in [9.17, 15) is 28.1 Å². The van der Waals surface area contributed by atoms with Crippen molar-refractivity contribution in [2.75, 3.05) is 11.9 Å². The van der Waals surface area contributed by atoms with Crippen molar-refractivity contribution in [2.24, 2.45) is 0 Å². The molecule has 0 fully saturated rings. The van der Waals surface area contributed by atoms with E-state index in [4.69, 9.17) is 4.74 Å². The van der Waals surface area contributed by atoms with E-state index in [2.05, 4.69) is 5.32 Å². The average molecular weight is 354 g/mol. The van der Waals surface area contributed by atoms with Crippen molar-refractivity contribution in [2.45, 2.75) is 13.1 Å². The molecule has 2 rings (SSSR count). The molecule has 1 amide bonds. The number of rotatable bonds is 5. The molecule has 0 atom stereocenters. The molecule has 25 heavy (non-hydrogen) atoms. The maximum atomic E-state index is 12.9. The summed E-state index contributed by atoms with van der Waals surface area (Å²) in [6, 6.07) is 9.09. The van der Waals surface area contributed by atoms with Crippen LogP contribution >= 0.6 is 0 Å². The summed E-state index contributed by atoms with van der Waals surface area (Å²) in [4.78, 5) is 21.3. The Labute approximate surface area is 140 Å². The van der Waals surface area contributed by atoms with Gasteiger partial charge in [-0.25, -0.2) is 0 Å². The Kier molecular flexibility index (Phi) is 5.26. The van der Waals surface area contributed by atoms with Crippen LogP contribution in [-0.2, 0) is 11.0 Å². The lowest BCUT2D eigenvalue weighted by Crippen LogP contribution is -2.20. The lowest BCUT2D eigenvalue weighted by atomic mass is 10.1. The summed E-state index contributed by atoms with van der Waals surface area (Å²) in [5.74, 6) is -0.261. The summed E-state index contributed by atoms with van der Waals surface area (Å²) >= 11 is 0. The molecule has 0 heterocycles. The topological polar surface area (TPSA) is 81.5 Å². The molecule has 9 heteroatoms. The van der Waals surface area contributed by atoms with Gasteiger partial charge in [0, 0.05) is 11.8 Å². The smallest absolute Gasteiger partial charge is 0.423 e. The minimum absolute atomic E-state index is 0.213. The van der Waals surface area contributed by atoms with Gasteiger partial charge in [-0.3, -0.25) is 14.9 Å². The van der Waals surface area contributed by atoms with Crippen molar-refractivity contribution in [1.82, 2.24) is 0 Å². The van der Waals surface area contributed by atoms with Gasteiger partial charge in [0.1, 0.15) is 11.3 Å². The largest absolute Gasteiger partial charge is 0.484 e. The summed E-state index contributed by atoms with van der Waals surface area (Å²) in [5, 5.41) is 12.9. The molecule has 0 aromatic heterocycles. The molecule has 2 aromatic carbocycles. The van der Waals surface area contributed by atoms with E-state index in [1.807, 2.05) is 6.92 Å². The molecule has 0 aliphatic carbocycles. The predicted molar refractivity (Wildman–Crippen MR) is 83.4 cm³/mol. The van der Waals surface area contributed by atoms with Crippen molar-refractivity contribution in [3.8, 4) is 5.75 Å². The number of amides is 1. The highest BCUT2D eigenvalue weighted by Crippen LogP contribution is 2.37. The van der Waals surface area contributed by atoms with Crippen LogP contribution in [0, 0.1) is 17.0 Å². The molecule has 0 radical (unpaired) electrons. The van der Waals surface area contributed by atoms with Crippen molar-refractivity contribution < 1.29 is 27.6 Å². The second kappa shape index (κ2) is 7.20. The van der Waals surface area contributed by atoms with Crippen LogP contribution in [0.2, 0.25) is 0 Å². The van der Waals surface area contributed by atoms with Gasteiger partial charge in [0.15, 0.2) is 6.61 Å². The summed E-state index contributed by atoms with van der Waals surface area (Å²) < 4.78 is 43.9. The Morgan fingerprint density at radius 2 is 1.84 bits per heavy atom. The fourth-order valence-corrected chi connectivity index (χ4v) is 1.98. The van der Waals surface area contributed by atoms with Crippen molar-refractivity contribution in [1.29, 1.82) is 0 Å². The molecule has 0 saturated carbocycles. The van der Waals surface area contributed by atoms with E-state index in [1.165, 1.54) is 0 Å². The number of halogens is 3. The number of nitro benzene ring substituents is 1. The summed E-state index contributed by atoms with van der Waals surface area (Å²) in [6.07, 6.45) is -4.92. The zero-order chi connectivity index (χ0) is 18.6. The molecular formula is C16H13F3N2O4. The number of nitrogens with zero attached hydrogens (tertiary/aromatic N) is 1. The van der Waals surface area contributed by atoms with Crippen LogP contribution in [0.3, 0.4) is 0 Å². The molecule has 0 saturated heterocycles. The number of ether oxygens (including phenoxy) is 1. The highest BCUT2D eigenvalue weighted by atomic mass is 19.4. The molecule has 0 unspecified atom stereocenters. The normalized spacial score (nSPS) is 11.0. The first-order valence-corrected chi connectivity index (χ1v) is 7.02. The molecule has 0 aliphatic rings. The molecule has 0 bridgehead atoms. The van der Waals surface area contributed by atoms with Crippen LogP contribution in [0.4, 0.5) is 24.5 Å². The van der Waals surface area contributed by atoms with Crippen molar-refractivity contribution in [3.05, 3.63) is 63.7 Å². The van der Waals surface area contributed by atoms with Gasteiger partial charge in [0.2, 0.25) is 0 Å². The number of benzene rings is 2. The fraction of sp³-hybridized carbons (Fsp3) is 0.188. The number of carbonyl (C=O) groups excluding carboxylic acids is 1. The number of nitro groups is 1. The number of carbonyl (C=O) groups is 1. The molecule has 0 spiro atoms. The van der Waals surface area contributed by atoms with E-state index >= 15 is 0 Å². The zero-order valence-corrected chi connectivity index (χ0v) is 13.0. The van der Waals surface area contributed by atoms with Crippen molar-refractivity contribution in [3.63, 3.8) is 0 Å². The van der Waals surface area contributed by atoms with Crippen molar-refractivity contribution >= 4 is 17.3 Å². The maximum Gasteiger partial charge on any atom is 0.423 e. The minimum atomic E-state index is -4.92. The highest BCUT2D eigenvalue weighted by Gasteiger charge is 2.38. The predicted octanol–water partition coefficient (Wildman–Crippen LogP) is 3.94. The second-order valence-corrected chi connectivity index (χ2v) is 5.14. The summed E-state index contributed by atoms with van der Waals surface area (Å²) in [7, 11) is 0. The van der Waals surface area contributed by atoms with Crippen LogP contribution in [0.25, 0.3) is 0 Å². The van der Waals surface area contributed by atoms with E-state index in [0.717, 1.165) is 11.6 Å². The lowest BCUT2D eigenvalue weighted by Gasteiger charge is -2.11. The van der Waals surface area contributed by atoms with E-state index < -0.39 is 34.9 Å². The van der Waals surface area contributed by atoms with E-state index in [-0.39, 0.29) is 5.69 Å². The first-order valence-electron chi connectivity index (χ1n) is 7.02. The van der Waals surface area contributed by atoms with Gasteiger partial charge in [-0.2, -0.15) is 13.2 Å². The standard InChI is InChI=1S/C16H13F3N2O4/c1-10-2-5-12(6-3-10)25-9-15(22)20-11-4-7-14(21(23)24)13(8-11)16(17,18)19/h2-8H,9H2,1H3,(H,20,22). The Hall–Kier alpha value is -3.10. The fourth-order valence-electron chi connectivity index (χ4n) is 1.98. The zero-order valence-electron chi connectivity index (χ0n) is 13.0. The second-order valence-electron chi connectivity index (χ2n) is 5.14. The Balaban J connectivity index is 2.07. The molecule has 0 aliphatic heterocycles. The Morgan fingerprint density at radius 1 is 1.20 bits per heavy atom. The number of hydrogen-bond donors (Lipinski definition) is 1. The van der Waals surface area contributed by atoms with Crippen LogP contribution in [0.5, 0.6) is 5.75 Å². The SMILES string of the molecule is Cc1ccc(OCC(=O)Nc2ccc([N+](=O)[O-])c(C(F)(F)F)c2)cc1. The molecule has 132 valence electrons. The third-order valence-electron chi connectivity index (χ3n) is 3.17. The third kappa shape index (κ3) is 4.93. The van der Waals surface area contributed by atoms with E-state index in [1.54, 1.807) is 24.3 Å². The number of hydrogen-bond acceptors (Lipinski definition) is 4. The Morgan fingerprint density at radius 3 is 2.40 bits per heavy atom. The van der Waals surface area contributed by atoms with Gasteiger partial charge in [-0.15, -0.1) is 0 Å². The van der Waals surface area contributed by atoms with Gasteiger partial charge in [-0.05, 0) is 31.2 Å². The van der Waals surface area contributed by atoms with Crippen LogP contribution < -0.4 is 10.1 Å². The molecule has 2 aromatic rings. The first kappa shape index (κ1) is 18.2. The lowest BCUT2D eigenvalue weighted by molar-refractivity contribution is -0.388. The number of alkyl halides is 3. The third-order valence-corrected chi connectivity index (χ3v) is 3.17. The first-order chi connectivity index (χ1) is 11.7. The monoisotopic (exact) mass is 354 g/mol. The van der Waals surface area contributed by atoms with Crippen LogP contribution in [-0.4, -0.2) is 17.4 Å². The number of nitrogens with one attached hydrogen (secondary N) is 1. The van der Waals surface area contributed by atoms with Crippen LogP contribution in [0.15, 0.2) is 42.5 Å². The van der Waals surface area contributed by atoms with Gasteiger partial charge >= 0.3 is 6.18 Å². The van der Waals surface area contributed by atoms with Gasteiger partial charge in [0.05, 0.1) is 4.92 Å². The highest BCUT2D eigenvalue weighted by molar-refractivity contribution is 5.92. The molecule has 6 nitrogen and oxygen atoms in total. The maximum absolute atomic E-state index is 12.9. The van der Waals surface area contributed by atoms with Gasteiger partial charge in [0.25, 0.3) is 11.6 Å². The quantitative estimate of drug-likeness (QED) is 0.651. The Bertz CT molecular complexity index is 789. The van der Waals surface area contributed by atoms with Gasteiger partial charge in [-0.1, -0.05) is 17.7 Å². The number of aryl methyl sites for hydroxylation is 1. The molecular weight excluding hydrogens is 341 g/mol.